The number of alkyl halides is 1. The smallest absolute Gasteiger partial charge is 0.225 e. The average molecular weight is 247 g/mol. The number of thioether (sulfide) groups is 1. The van der Waals surface area contributed by atoms with E-state index >= 15 is 0 Å². The SMILES string of the molecule is CCO[C@H]1CSC2(C1)CN(C(=O)CCF)C2. The highest BCUT2D eigenvalue weighted by Gasteiger charge is 2.50. The molecular formula is C11H18FNO2S. The van der Waals surface area contributed by atoms with Gasteiger partial charge in [0.05, 0.1) is 23.9 Å². The number of carbonyl (C=O) groups excluding carboxylic acids is 1. The Hall–Kier alpha value is -0.290. The third-order valence-corrected chi connectivity index (χ3v) is 4.77. The molecule has 2 saturated heterocycles. The lowest BCUT2D eigenvalue weighted by Gasteiger charge is -2.47. The molecule has 16 heavy (non-hydrogen) atoms. The summed E-state index contributed by atoms with van der Waals surface area (Å²) < 4.78 is 17.8. The van der Waals surface area contributed by atoms with Crippen molar-refractivity contribution in [2.75, 3.05) is 32.1 Å². The van der Waals surface area contributed by atoms with Crippen molar-refractivity contribution >= 4 is 17.7 Å². The standard InChI is InChI=1S/C11H18FNO2S/c1-2-15-9-5-11(16-6-9)7-13(8-11)10(14)3-4-12/h9H,2-8H2,1H3/t9-/m1/s1. The van der Waals surface area contributed by atoms with E-state index in [2.05, 4.69) is 0 Å². The molecule has 2 fully saturated rings. The van der Waals surface area contributed by atoms with Crippen molar-refractivity contribution in [2.45, 2.75) is 30.6 Å². The van der Waals surface area contributed by atoms with Crippen LogP contribution in [0.25, 0.3) is 0 Å². The molecule has 5 heteroatoms. The minimum atomic E-state index is -0.545. The molecule has 1 spiro atoms. The minimum Gasteiger partial charge on any atom is -0.378 e. The highest BCUT2D eigenvalue weighted by molar-refractivity contribution is 8.01. The van der Waals surface area contributed by atoms with Crippen LogP contribution in [0.2, 0.25) is 0 Å². The van der Waals surface area contributed by atoms with Crippen molar-refractivity contribution in [2.24, 2.45) is 0 Å². The highest BCUT2D eigenvalue weighted by Crippen LogP contribution is 2.46. The Morgan fingerprint density at radius 1 is 1.62 bits per heavy atom. The van der Waals surface area contributed by atoms with Gasteiger partial charge in [0.2, 0.25) is 5.91 Å². The molecule has 0 aromatic heterocycles. The number of amides is 1. The molecule has 0 unspecified atom stereocenters. The number of nitrogens with zero attached hydrogens (tertiary/aromatic N) is 1. The van der Waals surface area contributed by atoms with E-state index in [1.165, 1.54) is 0 Å². The van der Waals surface area contributed by atoms with Gasteiger partial charge >= 0.3 is 0 Å². The van der Waals surface area contributed by atoms with Gasteiger partial charge in [0.25, 0.3) is 0 Å². The summed E-state index contributed by atoms with van der Waals surface area (Å²) in [7, 11) is 0. The molecule has 1 atom stereocenters. The molecule has 0 N–H and O–H groups in total. The van der Waals surface area contributed by atoms with Crippen LogP contribution in [0.3, 0.4) is 0 Å². The maximum absolute atomic E-state index is 12.0. The summed E-state index contributed by atoms with van der Waals surface area (Å²) in [4.78, 5) is 13.2. The van der Waals surface area contributed by atoms with Crippen LogP contribution in [0.5, 0.6) is 0 Å². The van der Waals surface area contributed by atoms with Gasteiger partial charge in [0.15, 0.2) is 0 Å². The summed E-state index contributed by atoms with van der Waals surface area (Å²) in [6, 6.07) is 0. The number of hydrogen-bond donors (Lipinski definition) is 0. The van der Waals surface area contributed by atoms with Gasteiger partial charge in [-0.25, -0.2) is 0 Å². The number of halogens is 1. The first-order valence-electron chi connectivity index (χ1n) is 5.78. The Morgan fingerprint density at radius 2 is 2.38 bits per heavy atom. The Kier molecular flexibility index (Phi) is 3.74. The monoisotopic (exact) mass is 247 g/mol. The van der Waals surface area contributed by atoms with E-state index in [9.17, 15) is 9.18 Å². The van der Waals surface area contributed by atoms with Gasteiger partial charge in [0.1, 0.15) is 0 Å². The minimum absolute atomic E-state index is 0.0373. The first-order valence-corrected chi connectivity index (χ1v) is 6.77. The summed E-state index contributed by atoms with van der Waals surface area (Å²) in [6.45, 7) is 3.77. The molecule has 3 nitrogen and oxygen atoms in total. The van der Waals surface area contributed by atoms with Crippen molar-refractivity contribution in [1.82, 2.24) is 4.90 Å². The fraction of sp³-hybridized carbons (Fsp3) is 0.909. The molecule has 2 rings (SSSR count). The van der Waals surface area contributed by atoms with E-state index in [1.807, 2.05) is 18.7 Å². The third kappa shape index (κ3) is 2.35. The average Bonchev–Trinajstić information content (AvgIpc) is 2.61. The quantitative estimate of drug-likeness (QED) is 0.753. The van der Waals surface area contributed by atoms with Crippen molar-refractivity contribution in [1.29, 1.82) is 0 Å². The fourth-order valence-corrected chi connectivity index (χ4v) is 3.98. The number of likely N-dealkylation sites (tertiary alicyclic amines) is 1. The lowest BCUT2D eigenvalue weighted by molar-refractivity contribution is -0.137. The summed E-state index contributed by atoms with van der Waals surface area (Å²) in [5.74, 6) is 0.979. The lowest BCUT2D eigenvalue weighted by Crippen LogP contribution is -2.60. The van der Waals surface area contributed by atoms with Gasteiger partial charge in [-0.1, -0.05) is 0 Å². The van der Waals surface area contributed by atoms with E-state index in [0.29, 0.717) is 6.10 Å². The number of ether oxygens (including phenoxy) is 1. The van der Waals surface area contributed by atoms with Gasteiger partial charge < -0.3 is 9.64 Å². The van der Waals surface area contributed by atoms with Crippen LogP contribution >= 0.6 is 11.8 Å². The summed E-state index contributed by atoms with van der Waals surface area (Å²) >= 11 is 1.91. The second kappa shape index (κ2) is 4.92. The van der Waals surface area contributed by atoms with Gasteiger partial charge in [-0.15, -0.1) is 11.8 Å². The van der Waals surface area contributed by atoms with E-state index in [0.717, 1.165) is 31.9 Å². The highest BCUT2D eigenvalue weighted by atomic mass is 32.2. The molecule has 0 aromatic carbocycles. The predicted octanol–water partition coefficient (Wildman–Crippen LogP) is 1.47. The second-order valence-corrected chi connectivity index (χ2v) is 5.95. The Morgan fingerprint density at radius 3 is 3.00 bits per heavy atom. The third-order valence-electron chi connectivity index (χ3n) is 3.20. The molecule has 0 radical (unpaired) electrons. The molecule has 0 aromatic rings. The number of rotatable bonds is 4. The zero-order valence-electron chi connectivity index (χ0n) is 9.58. The molecule has 2 aliphatic rings. The number of carbonyl (C=O) groups is 1. The first kappa shape index (κ1) is 12.2. The van der Waals surface area contributed by atoms with Gasteiger partial charge in [-0.05, 0) is 13.3 Å². The van der Waals surface area contributed by atoms with Crippen LogP contribution in [-0.2, 0) is 9.53 Å². The van der Waals surface area contributed by atoms with Crippen LogP contribution in [-0.4, -0.2) is 53.8 Å². The van der Waals surface area contributed by atoms with Crippen molar-refractivity contribution in [3.05, 3.63) is 0 Å². The first-order chi connectivity index (χ1) is 7.69. The van der Waals surface area contributed by atoms with E-state index in [-0.39, 0.29) is 17.1 Å². The maximum atomic E-state index is 12.0. The summed E-state index contributed by atoms with van der Waals surface area (Å²) in [6.07, 6.45) is 1.41. The molecule has 1 amide bonds. The second-order valence-electron chi connectivity index (χ2n) is 4.46. The van der Waals surface area contributed by atoms with Crippen molar-refractivity contribution in [3.63, 3.8) is 0 Å². The van der Waals surface area contributed by atoms with E-state index in [1.54, 1.807) is 4.90 Å². The van der Waals surface area contributed by atoms with Crippen LogP contribution < -0.4 is 0 Å². The van der Waals surface area contributed by atoms with Gasteiger partial charge in [0, 0.05) is 25.4 Å². The Labute approximate surface area is 99.7 Å². The topological polar surface area (TPSA) is 29.5 Å². The van der Waals surface area contributed by atoms with Gasteiger partial charge in [-0.2, -0.15) is 0 Å². The van der Waals surface area contributed by atoms with Gasteiger partial charge in [-0.3, -0.25) is 9.18 Å². The maximum Gasteiger partial charge on any atom is 0.225 e. The van der Waals surface area contributed by atoms with Crippen LogP contribution in [0.15, 0.2) is 0 Å². The molecule has 0 saturated carbocycles. The lowest BCUT2D eigenvalue weighted by atomic mass is 9.92. The summed E-state index contributed by atoms with van der Waals surface area (Å²) in [5.41, 5.74) is 0. The molecular weight excluding hydrogens is 229 g/mol. The van der Waals surface area contributed by atoms with Crippen LogP contribution in [0.1, 0.15) is 19.8 Å². The Balaban J connectivity index is 1.77. The van der Waals surface area contributed by atoms with E-state index in [4.69, 9.17) is 4.74 Å². The normalized spacial score (nSPS) is 27.1. The van der Waals surface area contributed by atoms with Crippen LogP contribution in [0, 0.1) is 0 Å². The largest absolute Gasteiger partial charge is 0.378 e. The van der Waals surface area contributed by atoms with Crippen molar-refractivity contribution < 1.29 is 13.9 Å². The van der Waals surface area contributed by atoms with Crippen molar-refractivity contribution in [3.8, 4) is 0 Å². The van der Waals surface area contributed by atoms with Crippen LogP contribution in [0.4, 0.5) is 4.39 Å². The molecule has 2 heterocycles. The van der Waals surface area contributed by atoms with E-state index < -0.39 is 6.67 Å². The predicted molar refractivity (Wildman–Crippen MR) is 62.4 cm³/mol. The molecule has 2 aliphatic heterocycles. The summed E-state index contributed by atoms with van der Waals surface area (Å²) in [5, 5.41) is 0. The molecule has 92 valence electrons. The zero-order valence-corrected chi connectivity index (χ0v) is 10.4. The molecule has 0 aliphatic carbocycles. The number of hydrogen-bond acceptors (Lipinski definition) is 3. The zero-order chi connectivity index (χ0) is 11.6. The fourth-order valence-electron chi connectivity index (χ4n) is 2.43. The molecule has 0 bridgehead atoms. The Bertz CT molecular complexity index is 269.